The van der Waals surface area contributed by atoms with Gasteiger partial charge in [-0.1, -0.05) is 27.7 Å². The first-order valence-corrected chi connectivity index (χ1v) is 7.97. The zero-order chi connectivity index (χ0) is 14.1. The van der Waals surface area contributed by atoms with Gasteiger partial charge in [0.05, 0.1) is 12.7 Å². The number of ether oxygens (including phenoxy) is 1. The Balaban J connectivity index is 2.16. The molecular formula is C16H32N2O. The predicted molar refractivity (Wildman–Crippen MR) is 80.2 cm³/mol. The Morgan fingerprint density at radius 2 is 2.05 bits per heavy atom. The van der Waals surface area contributed by atoms with Crippen LogP contribution in [0.2, 0.25) is 0 Å². The molecule has 1 saturated carbocycles. The number of nitrogens with zero attached hydrogens (tertiary/aromatic N) is 1. The Kier molecular flexibility index (Phi) is 4.59. The fourth-order valence-corrected chi connectivity index (χ4v) is 4.62. The summed E-state index contributed by atoms with van der Waals surface area (Å²) in [6.45, 7) is 13.2. The maximum Gasteiger partial charge on any atom is 0.0700 e. The van der Waals surface area contributed by atoms with Crippen molar-refractivity contribution in [2.24, 2.45) is 17.1 Å². The molecule has 3 unspecified atom stereocenters. The van der Waals surface area contributed by atoms with Gasteiger partial charge in [-0.25, -0.2) is 0 Å². The Hall–Kier alpha value is -0.120. The fourth-order valence-electron chi connectivity index (χ4n) is 4.62. The van der Waals surface area contributed by atoms with Crippen LogP contribution in [0.3, 0.4) is 0 Å². The Morgan fingerprint density at radius 1 is 1.32 bits per heavy atom. The molecule has 19 heavy (non-hydrogen) atoms. The Labute approximate surface area is 118 Å². The third-order valence-electron chi connectivity index (χ3n) is 5.08. The van der Waals surface area contributed by atoms with Gasteiger partial charge in [-0.15, -0.1) is 0 Å². The largest absolute Gasteiger partial charge is 0.376 e. The molecular weight excluding hydrogens is 236 g/mol. The highest BCUT2D eigenvalue weighted by atomic mass is 16.5. The highest BCUT2D eigenvalue weighted by molar-refractivity contribution is 5.02. The van der Waals surface area contributed by atoms with Gasteiger partial charge in [0, 0.05) is 25.2 Å². The summed E-state index contributed by atoms with van der Waals surface area (Å²) in [5.41, 5.74) is 6.88. The summed E-state index contributed by atoms with van der Waals surface area (Å²) in [6.07, 6.45) is 5.32. The van der Waals surface area contributed by atoms with E-state index < -0.39 is 0 Å². The van der Waals surface area contributed by atoms with E-state index >= 15 is 0 Å². The van der Waals surface area contributed by atoms with Gasteiger partial charge < -0.3 is 10.5 Å². The minimum atomic E-state index is 0.207. The molecule has 1 heterocycles. The van der Waals surface area contributed by atoms with Gasteiger partial charge in [-0.05, 0) is 37.0 Å². The van der Waals surface area contributed by atoms with Crippen LogP contribution in [-0.4, -0.2) is 42.8 Å². The lowest BCUT2D eigenvalue weighted by atomic mass is 9.63. The van der Waals surface area contributed by atoms with Crippen LogP contribution in [0.1, 0.15) is 53.4 Å². The van der Waals surface area contributed by atoms with E-state index in [9.17, 15) is 0 Å². The summed E-state index contributed by atoms with van der Waals surface area (Å²) in [4.78, 5) is 2.65. The minimum absolute atomic E-state index is 0.207. The van der Waals surface area contributed by atoms with Crippen LogP contribution < -0.4 is 5.73 Å². The van der Waals surface area contributed by atoms with E-state index in [0.29, 0.717) is 11.5 Å². The molecule has 0 bridgehead atoms. The third-order valence-corrected chi connectivity index (χ3v) is 5.08. The quantitative estimate of drug-likeness (QED) is 0.855. The van der Waals surface area contributed by atoms with Gasteiger partial charge in [0.15, 0.2) is 0 Å². The van der Waals surface area contributed by atoms with Crippen LogP contribution in [0.4, 0.5) is 0 Å². The lowest BCUT2D eigenvalue weighted by Crippen LogP contribution is -2.62. The maximum absolute atomic E-state index is 6.26. The van der Waals surface area contributed by atoms with Crippen molar-refractivity contribution in [1.82, 2.24) is 4.90 Å². The van der Waals surface area contributed by atoms with Crippen LogP contribution in [-0.2, 0) is 4.74 Å². The summed E-state index contributed by atoms with van der Waals surface area (Å²) < 4.78 is 5.83. The second kappa shape index (κ2) is 5.71. The van der Waals surface area contributed by atoms with E-state index in [2.05, 4.69) is 32.6 Å². The van der Waals surface area contributed by atoms with Crippen molar-refractivity contribution in [3.63, 3.8) is 0 Å². The zero-order valence-electron chi connectivity index (χ0n) is 13.2. The molecule has 1 aliphatic carbocycles. The summed E-state index contributed by atoms with van der Waals surface area (Å²) in [6, 6.07) is 0. The van der Waals surface area contributed by atoms with Gasteiger partial charge in [0.1, 0.15) is 0 Å². The minimum Gasteiger partial charge on any atom is -0.376 e. The molecule has 2 aliphatic rings. The van der Waals surface area contributed by atoms with Gasteiger partial charge in [-0.2, -0.15) is 0 Å². The topological polar surface area (TPSA) is 38.5 Å². The van der Waals surface area contributed by atoms with Gasteiger partial charge in [0.2, 0.25) is 0 Å². The average Bonchev–Trinajstić information content (AvgIpc) is 2.36. The van der Waals surface area contributed by atoms with E-state index in [-0.39, 0.29) is 5.54 Å². The lowest BCUT2D eigenvalue weighted by Gasteiger charge is -2.54. The molecule has 2 fully saturated rings. The number of hydrogen-bond acceptors (Lipinski definition) is 3. The predicted octanol–water partition coefficient (Wildman–Crippen LogP) is 2.64. The molecule has 2 N–H and O–H groups in total. The first kappa shape index (κ1) is 15.3. The lowest BCUT2D eigenvalue weighted by molar-refractivity contribution is -0.0971. The maximum atomic E-state index is 6.26. The van der Waals surface area contributed by atoms with Crippen LogP contribution in [0.25, 0.3) is 0 Å². The van der Waals surface area contributed by atoms with Crippen molar-refractivity contribution in [1.29, 1.82) is 0 Å². The van der Waals surface area contributed by atoms with E-state index in [4.69, 9.17) is 10.5 Å². The van der Waals surface area contributed by atoms with Crippen molar-refractivity contribution >= 4 is 0 Å². The zero-order valence-corrected chi connectivity index (χ0v) is 13.2. The smallest absolute Gasteiger partial charge is 0.0700 e. The molecule has 1 saturated heterocycles. The van der Waals surface area contributed by atoms with Gasteiger partial charge in [-0.3, -0.25) is 4.90 Å². The molecule has 3 nitrogen and oxygen atoms in total. The van der Waals surface area contributed by atoms with Gasteiger partial charge >= 0.3 is 0 Å². The summed E-state index contributed by atoms with van der Waals surface area (Å²) in [5, 5.41) is 0. The van der Waals surface area contributed by atoms with E-state index in [1.165, 1.54) is 19.3 Å². The molecule has 3 heteroatoms. The normalized spacial score (nSPS) is 40.3. The van der Waals surface area contributed by atoms with Crippen LogP contribution in [0, 0.1) is 11.3 Å². The molecule has 0 radical (unpaired) electrons. The van der Waals surface area contributed by atoms with Crippen molar-refractivity contribution < 1.29 is 4.74 Å². The molecule has 0 amide bonds. The van der Waals surface area contributed by atoms with Crippen molar-refractivity contribution in [2.75, 3.05) is 26.2 Å². The third kappa shape index (κ3) is 3.32. The van der Waals surface area contributed by atoms with Crippen molar-refractivity contribution in [3.05, 3.63) is 0 Å². The molecule has 0 aromatic heterocycles. The van der Waals surface area contributed by atoms with E-state index in [0.717, 1.165) is 38.6 Å². The number of rotatable bonds is 3. The molecule has 0 spiro atoms. The fraction of sp³-hybridized carbons (Fsp3) is 1.00. The second-order valence-electron chi connectivity index (χ2n) is 7.63. The summed E-state index contributed by atoms with van der Waals surface area (Å²) >= 11 is 0. The number of hydrogen-bond donors (Lipinski definition) is 1. The molecule has 1 aliphatic heterocycles. The molecule has 3 atom stereocenters. The Morgan fingerprint density at radius 3 is 2.63 bits per heavy atom. The average molecular weight is 268 g/mol. The highest BCUT2D eigenvalue weighted by Gasteiger charge is 2.46. The van der Waals surface area contributed by atoms with E-state index in [1.54, 1.807) is 0 Å². The monoisotopic (exact) mass is 268 g/mol. The van der Waals surface area contributed by atoms with Crippen LogP contribution in [0.5, 0.6) is 0 Å². The Bertz CT molecular complexity index is 305. The van der Waals surface area contributed by atoms with Crippen LogP contribution in [0.15, 0.2) is 0 Å². The first-order chi connectivity index (χ1) is 8.91. The molecule has 0 aromatic rings. The summed E-state index contributed by atoms with van der Waals surface area (Å²) in [7, 11) is 0. The standard InChI is InChI=1S/C16H32N2O/c1-5-14-10-18(6-7-19-14)16(12-17)9-13(2)8-15(3,4)11-16/h13-14H,5-12,17H2,1-4H3. The van der Waals surface area contributed by atoms with Crippen molar-refractivity contribution in [3.8, 4) is 0 Å². The van der Waals surface area contributed by atoms with Crippen LogP contribution >= 0.6 is 0 Å². The first-order valence-electron chi connectivity index (χ1n) is 7.97. The highest BCUT2D eigenvalue weighted by Crippen LogP contribution is 2.46. The van der Waals surface area contributed by atoms with E-state index in [1.807, 2.05) is 0 Å². The number of nitrogens with two attached hydrogens (primary N) is 1. The van der Waals surface area contributed by atoms with Gasteiger partial charge in [0.25, 0.3) is 0 Å². The summed E-state index contributed by atoms with van der Waals surface area (Å²) in [5.74, 6) is 0.773. The SMILES string of the molecule is CCC1CN(C2(CN)CC(C)CC(C)(C)C2)CCO1. The molecule has 112 valence electrons. The molecule has 0 aromatic carbocycles. The van der Waals surface area contributed by atoms with Crippen molar-refractivity contribution in [2.45, 2.75) is 65.0 Å². The second-order valence-corrected chi connectivity index (χ2v) is 7.63. The number of morpholine rings is 1. The molecule has 2 rings (SSSR count).